The highest BCUT2D eigenvalue weighted by atomic mass is 19.4. The summed E-state index contributed by atoms with van der Waals surface area (Å²) < 4.78 is 57.2. The highest BCUT2D eigenvalue weighted by Gasteiger charge is 2.37. The average molecular weight is 348 g/mol. The monoisotopic (exact) mass is 348 g/mol. The van der Waals surface area contributed by atoms with Crippen LogP contribution >= 0.6 is 0 Å². The van der Waals surface area contributed by atoms with Gasteiger partial charge in [-0.1, -0.05) is 6.07 Å². The van der Waals surface area contributed by atoms with E-state index < -0.39 is 41.2 Å². The number of nitrogens with zero attached hydrogens (tertiary/aromatic N) is 1. The van der Waals surface area contributed by atoms with Gasteiger partial charge in [-0.2, -0.15) is 13.2 Å². The van der Waals surface area contributed by atoms with Gasteiger partial charge in [-0.3, -0.25) is 4.79 Å². The van der Waals surface area contributed by atoms with Crippen LogP contribution in [0.15, 0.2) is 18.2 Å². The normalized spacial score (nSPS) is 16.0. The molecule has 1 aliphatic rings. The van der Waals surface area contributed by atoms with Crippen molar-refractivity contribution in [3.05, 3.63) is 35.1 Å². The number of piperidine rings is 1. The van der Waals surface area contributed by atoms with E-state index in [9.17, 15) is 27.2 Å². The minimum Gasteiger partial charge on any atom is -0.453 e. The molecular weight excluding hydrogens is 332 g/mol. The van der Waals surface area contributed by atoms with Crippen molar-refractivity contribution in [3.63, 3.8) is 0 Å². The zero-order valence-electron chi connectivity index (χ0n) is 12.8. The highest BCUT2D eigenvalue weighted by Crippen LogP contribution is 2.33. The number of benzene rings is 1. The average Bonchev–Trinajstić information content (AvgIpc) is 2.53. The minimum atomic E-state index is -4.83. The summed E-state index contributed by atoms with van der Waals surface area (Å²) in [6.07, 6.45) is -4.65. The third kappa shape index (κ3) is 3.95. The van der Waals surface area contributed by atoms with Gasteiger partial charge in [-0.05, 0) is 25.0 Å². The summed E-state index contributed by atoms with van der Waals surface area (Å²) in [6.45, 7) is 0.585. The fourth-order valence-corrected chi connectivity index (χ4v) is 2.58. The Hall–Kier alpha value is -2.32. The van der Waals surface area contributed by atoms with Crippen molar-refractivity contribution in [2.75, 3.05) is 20.2 Å². The summed E-state index contributed by atoms with van der Waals surface area (Å²) in [5.41, 5.74) is -2.33. The van der Waals surface area contributed by atoms with Gasteiger partial charge in [0.1, 0.15) is 5.82 Å². The minimum absolute atomic E-state index is 0.293. The lowest BCUT2D eigenvalue weighted by atomic mass is 10.0. The van der Waals surface area contributed by atoms with Crippen molar-refractivity contribution in [2.24, 2.45) is 0 Å². The third-order valence-corrected chi connectivity index (χ3v) is 3.81. The van der Waals surface area contributed by atoms with Crippen LogP contribution in [0.2, 0.25) is 0 Å². The molecule has 0 saturated carbocycles. The van der Waals surface area contributed by atoms with E-state index in [2.05, 4.69) is 10.1 Å². The van der Waals surface area contributed by atoms with E-state index in [1.807, 2.05) is 0 Å². The summed E-state index contributed by atoms with van der Waals surface area (Å²) >= 11 is 0. The number of nitrogens with one attached hydrogen (secondary N) is 1. The van der Waals surface area contributed by atoms with Gasteiger partial charge in [-0.15, -0.1) is 0 Å². The second-order valence-corrected chi connectivity index (χ2v) is 5.36. The molecule has 1 fully saturated rings. The van der Waals surface area contributed by atoms with Crippen LogP contribution in [0.3, 0.4) is 0 Å². The molecule has 0 aliphatic carbocycles. The number of carbonyl (C=O) groups is 2. The summed E-state index contributed by atoms with van der Waals surface area (Å²) in [7, 11) is 1.24. The molecule has 132 valence electrons. The molecular formula is C15H16F4N2O3. The van der Waals surface area contributed by atoms with Gasteiger partial charge < -0.3 is 15.0 Å². The molecule has 1 aromatic rings. The topological polar surface area (TPSA) is 58.6 Å². The Morgan fingerprint density at radius 2 is 1.88 bits per heavy atom. The number of rotatable bonds is 2. The first-order valence-electron chi connectivity index (χ1n) is 7.23. The second kappa shape index (κ2) is 7.06. The predicted octanol–water partition coefficient (Wildman–Crippen LogP) is 2.81. The van der Waals surface area contributed by atoms with Gasteiger partial charge in [0.05, 0.1) is 18.2 Å². The molecule has 9 heteroatoms. The second-order valence-electron chi connectivity index (χ2n) is 5.36. The summed E-state index contributed by atoms with van der Waals surface area (Å²) in [5, 5.41) is 2.41. The number of hydrogen-bond acceptors (Lipinski definition) is 3. The molecule has 0 radical (unpaired) electrons. The van der Waals surface area contributed by atoms with Crippen molar-refractivity contribution < 1.29 is 31.9 Å². The molecule has 1 saturated heterocycles. The van der Waals surface area contributed by atoms with Crippen LogP contribution in [0.25, 0.3) is 0 Å². The number of carbonyl (C=O) groups excluding carboxylic acids is 2. The number of alkyl halides is 3. The SMILES string of the molecule is COC(=O)N1CCC(NC(=O)c2c(F)cccc2C(F)(F)F)CC1. The maximum Gasteiger partial charge on any atom is 0.417 e. The molecule has 1 heterocycles. The lowest BCUT2D eigenvalue weighted by Gasteiger charge is -2.31. The standard InChI is InChI=1S/C15H16F4N2O3/c1-24-14(23)21-7-5-9(6-8-21)20-13(22)12-10(15(17,18)19)3-2-4-11(12)16/h2-4,9H,5-8H2,1H3,(H,20,22). The van der Waals surface area contributed by atoms with Gasteiger partial charge >= 0.3 is 12.3 Å². The van der Waals surface area contributed by atoms with Gasteiger partial charge in [0.2, 0.25) is 0 Å². The molecule has 1 aliphatic heterocycles. The largest absolute Gasteiger partial charge is 0.453 e. The molecule has 2 amide bonds. The number of amides is 2. The molecule has 5 nitrogen and oxygen atoms in total. The Bertz CT molecular complexity index is 626. The van der Waals surface area contributed by atoms with Crippen molar-refractivity contribution >= 4 is 12.0 Å². The quantitative estimate of drug-likeness (QED) is 0.836. The van der Waals surface area contributed by atoms with Crippen LogP contribution < -0.4 is 5.32 Å². The van der Waals surface area contributed by atoms with Crippen molar-refractivity contribution in [2.45, 2.75) is 25.1 Å². The Morgan fingerprint density at radius 3 is 2.42 bits per heavy atom. The molecule has 0 aromatic heterocycles. The van der Waals surface area contributed by atoms with Crippen LogP contribution in [0.4, 0.5) is 22.4 Å². The Kier molecular flexibility index (Phi) is 5.30. The maximum atomic E-state index is 13.8. The smallest absolute Gasteiger partial charge is 0.417 e. The highest BCUT2D eigenvalue weighted by molar-refractivity contribution is 5.96. The fourth-order valence-electron chi connectivity index (χ4n) is 2.58. The van der Waals surface area contributed by atoms with E-state index >= 15 is 0 Å². The number of likely N-dealkylation sites (tertiary alicyclic amines) is 1. The Labute approximate surface area is 135 Å². The van der Waals surface area contributed by atoms with E-state index in [1.165, 1.54) is 12.0 Å². The lowest BCUT2D eigenvalue weighted by Crippen LogP contribution is -2.46. The van der Waals surface area contributed by atoms with Crippen molar-refractivity contribution in [3.8, 4) is 0 Å². The fraction of sp³-hybridized carbons (Fsp3) is 0.467. The molecule has 0 bridgehead atoms. The van der Waals surface area contributed by atoms with Crippen LogP contribution in [0.1, 0.15) is 28.8 Å². The molecule has 0 atom stereocenters. The number of halogens is 4. The summed E-state index contributed by atoms with van der Waals surface area (Å²) in [5.74, 6) is -2.34. The number of methoxy groups -OCH3 is 1. The van der Waals surface area contributed by atoms with E-state index in [0.717, 1.165) is 12.1 Å². The first-order valence-corrected chi connectivity index (χ1v) is 7.23. The van der Waals surface area contributed by atoms with E-state index in [4.69, 9.17) is 0 Å². The molecule has 0 spiro atoms. The van der Waals surface area contributed by atoms with Crippen molar-refractivity contribution in [1.29, 1.82) is 0 Å². The van der Waals surface area contributed by atoms with E-state index in [0.29, 0.717) is 32.0 Å². The first-order chi connectivity index (χ1) is 11.2. The third-order valence-electron chi connectivity index (χ3n) is 3.81. The zero-order chi connectivity index (χ0) is 17.9. The number of ether oxygens (including phenoxy) is 1. The van der Waals surface area contributed by atoms with Crippen LogP contribution in [0, 0.1) is 5.82 Å². The van der Waals surface area contributed by atoms with Crippen LogP contribution in [-0.4, -0.2) is 43.1 Å². The van der Waals surface area contributed by atoms with Crippen LogP contribution in [-0.2, 0) is 10.9 Å². The first kappa shape index (κ1) is 18.0. The molecule has 2 rings (SSSR count). The predicted molar refractivity (Wildman–Crippen MR) is 75.9 cm³/mol. The zero-order valence-corrected chi connectivity index (χ0v) is 12.8. The Morgan fingerprint density at radius 1 is 1.25 bits per heavy atom. The molecule has 0 unspecified atom stereocenters. The van der Waals surface area contributed by atoms with Gasteiger partial charge in [0.25, 0.3) is 5.91 Å². The van der Waals surface area contributed by atoms with Gasteiger partial charge in [0.15, 0.2) is 0 Å². The summed E-state index contributed by atoms with van der Waals surface area (Å²) in [4.78, 5) is 24.9. The maximum absolute atomic E-state index is 13.8. The van der Waals surface area contributed by atoms with E-state index in [1.54, 1.807) is 0 Å². The molecule has 24 heavy (non-hydrogen) atoms. The van der Waals surface area contributed by atoms with Crippen LogP contribution in [0.5, 0.6) is 0 Å². The number of hydrogen-bond donors (Lipinski definition) is 1. The van der Waals surface area contributed by atoms with E-state index in [-0.39, 0.29) is 0 Å². The van der Waals surface area contributed by atoms with Crippen molar-refractivity contribution in [1.82, 2.24) is 10.2 Å². The molecule has 1 aromatic carbocycles. The lowest BCUT2D eigenvalue weighted by molar-refractivity contribution is -0.138. The Balaban J connectivity index is 2.08. The summed E-state index contributed by atoms with van der Waals surface area (Å²) in [6, 6.07) is 1.94. The van der Waals surface area contributed by atoms with Gasteiger partial charge in [0, 0.05) is 19.1 Å². The molecule has 1 N–H and O–H groups in total. The van der Waals surface area contributed by atoms with Gasteiger partial charge in [-0.25, -0.2) is 9.18 Å².